The molecule has 0 aliphatic carbocycles. The van der Waals surface area contributed by atoms with Gasteiger partial charge in [-0.25, -0.2) is 4.79 Å². The van der Waals surface area contributed by atoms with E-state index in [2.05, 4.69) is 10.5 Å². The summed E-state index contributed by atoms with van der Waals surface area (Å²) in [5.41, 5.74) is 4.31. The molecule has 2 amide bonds. The third-order valence-electron chi connectivity index (χ3n) is 4.83. The van der Waals surface area contributed by atoms with Crippen molar-refractivity contribution in [2.45, 2.75) is 12.4 Å². The number of nitrogens with zero attached hydrogens (tertiary/aromatic N) is 1. The molecule has 4 rings (SSSR count). The summed E-state index contributed by atoms with van der Waals surface area (Å²) in [7, 11) is 0. The number of rotatable bonds is 3. The molecule has 0 aliphatic heterocycles. The number of halogens is 6. The molecule has 0 unspecified atom stereocenters. The molecule has 0 atom stereocenters. The topological polar surface area (TPSA) is 93.2 Å². The van der Waals surface area contributed by atoms with Gasteiger partial charge in [-0.05, 0) is 47.5 Å². The van der Waals surface area contributed by atoms with Crippen LogP contribution in [0.15, 0.2) is 65.2 Å². The summed E-state index contributed by atoms with van der Waals surface area (Å²) in [6.07, 6.45) is -10.1. The Hall–Kier alpha value is -4.22. The molecule has 12 heteroatoms. The number of nitrogens with one attached hydrogen (secondary N) is 2. The van der Waals surface area contributed by atoms with E-state index in [9.17, 15) is 31.1 Å². The van der Waals surface area contributed by atoms with Crippen molar-refractivity contribution in [1.82, 2.24) is 5.16 Å². The second kappa shape index (κ2) is 8.28. The minimum Gasteiger partial charge on any atom is -0.367 e. The number of anilines is 3. The SMILES string of the molecule is Nc1onc2cccc(-c3ccc(NC(=O)Nc4cc(C(F)(F)F)cc(C(F)(F)F)c4)cc3)c12. The first-order valence-corrected chi connectivity index (χ1v) is 9.53. The van der Waals surface area contributed by atoms with Gasteiger partial charge >= 0.3 is 18.4 Å². The Bertz CT molecular complexity index is 1330. The van der Waals surface area contributed by atoms with Crippen molar-refractivity contribution in [2.75, 3.05) is 16.4 Å². The van der Waals surface area contributed by atoms with Crippen LogP contribution < -0.4 is 16.4 Å². The molecule has 0 aliphatic rings. The average molecular weight is 480 g/mol. The van der Waals surface area contributed by atoms with Crippen LogP contribution in [-0.4, -0.2) is 11.2 Å². The average Bonchev–Trinajstić information content (AvgIpc) is 3.14. The molecule has 0 fully saturated rings. The monoisotopic (exact) mass is 480 g/mol. The first-order chi connectivity index (χ1) is 15.9. The maximum atomic E-state index is 13.0. The molecule has 176 valence electrons. The van der Waals surface area contributed by atoms with E-state index >= 15 is 0 Å². The van der Waals surface area contributed by atoms with Crippen LogP contribution in [0.3, 0.4) is 0 Å². The summed E-state index contributed by atoms with van der Waals surface area (Å²) in [4.78, 5) is 12.2. The van der Waals surface area contributed by atoms with Crippen LogP contribution in [0.2, 0.25) is 0 Å². The lowest BCUT2D eigenvalue weighted by Crippen LogP contribution is -2.20. The van der Waals surface area contributed by atoms with Crippen molar-refractivity contribution in [2.24, 2.45) is 0 Å². The molecule has 0 saturated heterocycles. The zero-order chi connectivity index (χ0) is 24.7. The number of hydrogen-bond acceptors (Lipinski definition) is 4. The third-order valence-corrected chi connectivity index (χ3v) is 4.83. The van der Waals surface area contributed by atoms with Crippen molar-refractivity contribution in [1.29, 1.82) is 0 Å². The Labute approximate surface area is 187 Å². The Morgan fingerprint density at radius 2 is 1.41 bits per heavy atom. The Balaban J connectivity index is 1.53. The van der Waals surface area contributed by atoms with Crippen LogP contribution in [0.4, 0.5) is 48.4 Å². The van der Waals surface area contributed by atoms with E-state index in [4.69, 9.17) is 10.3 Å². The van der Waals surface area contributed by atoms with Crippen LogP contribution in [0.1, 0.15) is 11.1 Å². The fraction of sp³-hybridized carbons (Fsp3) is 0.0909. The summed E-state index contributed by atoms with van der Waals surface area (Å²) in [5.74, 6) is 0.131. The van der Waals surface area contributed by atoms with Gasteiger partial charge in [0.1, 0.15) is 5.52 Å². The minimum atomic E-state index is -5.03. The van der Waals surface area contributed by atoms with Crippen LogP contribution in [0.5, 0.6) is 0 Å². The fourth-order valence-corrected chi connectivity index (χ4v) is 3.31. The highest BCUT2D eigenvalue weighted by Gasteiger charge is 2.37. The normalized spacial score (nSPS) is 12.1. The van der Waals surface area contributed by atoms with Gasteiger partial charge in [-0.1, -0.05) is 29.4 Å². The molecule has 0 radical (unpaired) electrons. The number of nitrogen functional groups attached to an aromatic ring is 1. The van der Waals surface area contributed by atoms with Crippen LogP contribution >= 0.6 is 0 Å². The lowest BCUT2D eigenvalue weighted by atomic mass is 10.0. The van der Waals surface area contributed by atoms with E-state index in [0.29, 0.717) is 28.6 Å². The first kappa shape index (κ1) is 23.0. The maximum absolute atomic E-state index is 13.0. The molecule has 4 N–H and O–H groups in total. The smallest absolute Gasteiger partial charge is 0.367 e. The summed E-state index contributed by atoms with van der Waals surface area (Å²) >= 11 is 0. The van der Waals surface area contributed by atoms with Gasteiger partial charge in [-0.2, -0.15) is 26.3 Å². The van der Waals surface area contributed by atoms with Gasteiger partial charge in [0, 0.05) is 11.4 Å². The second-order valence-electron chi connectivity index (χ2n) is 7.20. The van der Waals surface area contributed by atoms with E-state index in [1.807, 2.05) is 5.32 Å². The van der Waals surface area contributed by atoms with Gasteiger partial charge < -0.3 is 20.9 Å². The lowest BCUT2D eigenvalue weighted by molar-refractivity contribution is -0.143. The van der Waals surface area contributed by atoms with Crippen LogP contribution in [0, 0.1) is 0 Å². The molecule has 1 aromatic heterocycles. The van der Waals surface area contributed by atoms with Crippen molar-refractivity contribution < 1.29 is 35.7 Å². The Morgan fingerprint density at radius 3 is 2.00 bits per heavy atom. The van der Waals surface area contributed by atoms with Crippen molar-refractivity contribution >= 4 is 34.2 Å². The van der Waals surface area contributed by atoms with Crippen LogP contribution in [-0.2, 0) is 12.4 Å². The number of amides is 2. The van der Waals surface area contributed by atoms with Gasteiger partial charge in [0.15, 0.2) is 0 Å². The second-order valence-corrected chi connectivity index (χ2v) is 7.20. The van der Waals surface area contributed by atoms with Crippen molar-refractivity contribution in [3.63, 3.8) is 0 Å². The van der Waals surface area contributed by atoms with E-state index < -0.39 is 35.2 Å². The fourth-order valence-electron chi connectivity index (χ4n) is 3.31. The number of nitrogens with two attached hydrogens (primary N) is 1. The molecule has 34 heavy (non-hydrogen) atoms. The number of fused-ring (bicyclic) bond motifs is 1. The van der Waals surface area contributed by atoms with Gasteiger partial charge in [0.25, 0.3) is 0 Å². The number of benzene rings is 3. The third kappa shape index (κ3) is 4.75. The van der Waals surface area contributed by atoms with Crippen LogP contribution in [0.25, 0.3) is 22.0 Å². The lowest BCUT2D eigenvalue weighted by Gasteiger charge is -2.15. The number of carbonyl (C=O) groups is 1. The quantitative estimate of drug-likeness (QED) is 0.283. The molecule has 4 aromatic rings. The Morgan fingerprint density at radius 1 is 0.824 bits per heavy atom. The molecular weight excluding hydrogens is 466 g/mol. The van der Waals surface area contributed by atoms with Gasteiger partial charge in [-0.15, -0.1) is 0 Å². The summed E-state index contributed by atoms with van der Waals surface area (Å²) in [5, 5.41) is 8.80. The number of hydrogen-bond donors (Lipinski definition) is 3. The zero-order valence-corrected chi connectivity index (χ0v) is 16.9. The molecule has 0 spiro atoms. The van der Waals surface area contributed by atoms with Gasteiger partial charge in [0.05, 0.1) is 16.5 Å². The molecule has 0 saturated carbocycles. The molecule has 1 heterocycles. The van der Waals surface area contributed by atoms with Gasteiger partial charge in [0.2, 0.25) is 5.88 Å². The highest BCUT2D eigenvalue weighted by Crippen LogP contribution is 2.38. The first-order valence-electron chi connectivity index (χ1n) is 9.53. The summed E-state index contributed by atoms with van der Waals surface area (Å²) in [6.45, 7) is 0. The predicted molar refractivity (Wildman–Crippen MR) is 113 cm³/mol. The zero-order valence-electron chi connectivity index (χ0n) is 16.9. The van der Waals surface area contributed by atoms with E-state index in [1.54, 1.807) is 30.3 Å². The number of alkyl halides is 6. The Kier molecular flexibility index (Phi) is 5.59. The van der Waals surface area contributed by atoms with Crippen molar-refractivity contribution in [3.8, 4) is 11.1 Å². The summed E-state index contributed by atoms with van der Waals surface area (Å²) in [6, 6.07) is 11.3. The largest absolute Gasteiger partial charge is 0.416 e. The maximum Gasteiger partial charge on any atom is 0.416 e. The number of carbonyl (C=O) groups excluding carboxylic acids is 1. The molecule has 3 aromatic carbocycles. The molecular formula is C22H14F6N4O2. The number of urea groups is 1. The standard InChI is InChI=1S/C22H14F6N4O2/c23-21(24,25)12-8-13(22(26,27)28)10-15(9-12)31-20(33)30-14-6-4-11(5-7-14)16-2-1-3-17-18(16)19(29)34-32-17/h1-10H,29H2,(H2,30,31,33). The minimum absolute atomic E-state index is 0.0232. The molecule has 0 bridgehead atoms. The van der Waals surface area contributed by atoms with Crippen molar-refractivity contribution in [3.05, 3.63) is 71.8 Å². The predicted octanol–water partition coefficient (Wildman–Crippen LogP) is 6.76. The van der Waals surface area contributed by atoms with E-state index in [-0.39, 0.29) is 17.6 Å². The highest BCUT2D eigenvalue weighted by molar-refractivity contribution is 6.02. The number of aromatic nitrogens is 1. The van der Waals surface area contributed by atoms with E-state index in [0.717, 1.165) is 5.56 Å². The summed E-state index contributed by atoms with van der Waals surface area (Å²) < 4.78 is 82.9. The molecule has 6 nitrogen and oxygen atoms in total. The highest BCUT2D eigenvalue weighted by atomic mass is 19.4. The van der Waals surface area contributed by atoms with E-state index in [1.165, 1.54) is 12.1 Å². The van der Waals surface area contributed by atoms with Gasteiger partial charge in [-0.3, -0.25) is 0 Å².